The zero-order valence-corrected chi connectivity index (χ0v) is 16.9. The van der Waals surface area contributed by atoms with Crippen LogP contribution in [0.2, 0.25) is 0 Å². The molecule has 30 heavy (non-hydrogen) atoms. The topological polar surface area (TPSA) is 133 Å². The number of ether oxygens (including phenoxy) is 1. The van der Waals surface area contributed by atoms with Gasteiger partial charge in [0.15, 0.2) is 0 Å². The molecule has 0 saturated carbocycles. The lowest BCUT2D eigenvalue weighted by Gasteiger charge is -2.27. The summed E-state index contributed by atoms with van der Waals surface area (Å²) in [5.41, 5.74) is 1.33. The van der Waals surface area contributed by atoms with Crippen LogP contribution >= 0.6 is 11.8 Å². The minimum absolute atomic E-state index is 0.193. The van der Waals surface area contributed by atoms with Crippen LogP contribution < -0.4 is 10.6 Å². The number of nitrogens with zero attached hydrogens (tertiary/aromatic N) is 2. The lowest BCUT2D eigenvalue weighted by molar-refractivity contribution is -0.139. The Bertz CT molecular complexity index is 1080. The van der Waals surface area contributed by atoms with Crippen LogP contribution in [0.4, 0.5) is 4.79 Å². The monoisotopic (exact) mass is 430 g/mol. The second-order valence-electron chi connectivity index (χ2n) is 6.21. The highest BCUT2D eigenvalue weighted by atomic mass is 32.2. The van der Waals surface area contributed by atoms with Gasteiger partial charge in [-0.15, -0.1) is 10.2 Å². The fourth-order valence-electron chi connectivity index (χ4n) is 2.97. The maximum absolute atomic E-state index is 12.6. The second-order valence-corrected chi connectivity index (χ2v) is 7.14. The number of esters is 1. The van der Waals surface area contributed by atoms with Gasteiger partial charge in [-0.1, -0.05) is 11.8 Å². The minimum Gasteiger partial charge on any atom is -0.469 e. The first-order chi connectivity index (χ1) is 14.6. The molecular formula is C19H18N4O6S. The number of aromatic nitrogens is 2. The standard InChI is InChI=1S/C19H18N4O6S/c1-3-26-17(24)14-12(20-18(25)21-15(14)13-5-4-7-28-13)9-30-19-23-22-16(29-19)11-6-8-27-10(11)2/h4-8,15H,3,9H2,1-2H3,(H2,20,21,25). The SMILES string of the molecule is CCOC(=O)C1=C(CSc2nnc(-c3ccoc3C)o2)NC(=O)NC1c1ccco1. The van der Waals surface area contributed by atoms with Crippen molar-refractivity contribution in [3.8, 4) is 11.5 Å². The summed E-state index contributed by atoms with van der Waals surface area (Å²) in [5.74, 6) is 1.05. The summed E-state index contributed by atoms with van der Waals surface area (Å²) in [6.45, 7) is 3.70. The Balaban J connectivity index is 1.60. The van der Waals surface area contributed by atoms with E-state index in [9.17, 15) is 9.59 Å². The molecule has 10 nitrogen and oxygen atoms in total. The first-order valence-corrected chi connectivity index (χ1v) is 10.1. The number of carbonyl (C=O) groups is 2. The number of hydrogen-bond acceptors (Lipinski definition) is 9. The van der Waals surface area contributed by atoms with Crippen molar-refractivity contribution in [2.75, 3.05) is 12.4 Å². The number of nitrogens with one attached hydrogen (secondary N) is 2. The fourth-order valence-corrected chi connectivity index (χ4v) is 3.70. The molecule has 2 N–H and O–H groups in total. The Hall–Kier alpha value is -3.47. The molecule has 0 aliphatic carbocycles. The molecule has 1 atom stereocenters. The van der Waals surface area contributed by atoms with Crippen LogP contribution in [0.3, 0.4) is 0 Å². The predicted molar refractivity (Wildman–Crippen MR) is 104 cm³/mol. The van der Waals surface area contributed by atoms with Crippen molar-refractivity contribution in [3.63, 3.8) is 0 Å². The van der Waals surface area contributed by atoms with Gasteiger partial charge in [0.2, 0.25) is 0 Å². The van der Waals surface area contributed by atoms with E-state index in [-0.39, 0.29) is 23.2 Å². The molecule has 1 aliphatic rings. The summed E-state index contributed by atoms with van der Waals surface area (Å²) in [5, 5.41) is 13.7. The number of thioether (sulfide) groups is 1. The summed E-state index contributed by atoms with van der Waals surface area (Å²) >= 11 is 1.18. The molecule has 1 unspecified atom stereocenters. The van der Waals surface area contributed by atoms with Gasteiger partial charge in [-0.2, -0.15) is 0 Å². The van der Waals surface area contributed by atoms with Gasteiger partial charge in [0.25, 0.3) is 11.1 Å². The van der Waals surface area contributed by atoms with E-state index >= 15 is 0 Å². The van der Waals surface area contributed by atoms with Crippen LogP contribution in [0.15, 0.2) is 60.5 Å². The van der Waals surface area contributed by atoms with E-state index in [2.05, 4.69) is 20.8 Å². The van der Waals surface area contributed by atoms with Crippen LogP contribution in [0.25, 0.3) is 11.5 Å². The third-order valence-corrected chi connectivity index (χ3v) is 5.16. The highest BCUT2D eigenvalue weighted by Crippen LogP contribution is 2.32. The molecule has 0 radical (unpaired) electrons. The number of carbonyl (C=O) groups excluding carboxylic acids is 2. The summed E-state index contributed by atoms with van der Waals surface area (Å²) in [6, 6.07) is 3.87. The Labute approximate surface area is 175 Å². The van der Waals surface area contributed by atoms with Crippen molar-refractivity contribution in [3.05, 3.63) is 53.5 Å². The molecular weight excluding hydrogens is 412 g/mol. The Morgan fingerprint density at radius 2 is 2.13 bits per heavy atom. The van der Waals surface area contributed by atoms with Crippen molar-refractivity contribution in [1.82, 2.24) is 20.8 Å². The van der Waals surface area contributed by atoms with Crippen LogP contribution in [-0.2, 0) is 9.53 Å². The molecule has 1 aliphatic heterocycles. The predicted octanol–water partition coefficient (Wildman–Crippen LogP) is 3.19. The lowest BCUT2D eigenvalue weighted by Crippen LogP contribution is -2.46. The number of hydrogen-bond donors (Lipinski definition) is 2. The first-order valence-electron chi connectivity index (χ1n) is 9.08. The van der Waals surface area contributed by atoms with Gasteiger partial charge in [-0.05, 0) is 32.0 Å². The smallest absolute Gasteiger partial charge is 0.338 e. The maximum Gasteiger partial charge on any atom is 0.338 e. The summed E-state index contributed by atoms with van der Waals surface area (Å²) in [6.07, 6.45) is 3.01. The van der Waals surface area contributed by atoms with Crippen LogP contribution in [-0.4, -0.2) is 34.6 Å². The molecule has 0 saturated heterocycles. The maximum atomic E-state index is 12.6. The zero-order chi connectivity index (χ0) is 21.1. The zero-order valence-electron chi connectivity index (χ0n) is 16.1. The number of furan rings is 2. The van der Waals surface area contributed by atoms with Gasteiger partial charge in [-0.3, -0.25) is 0 Å². The van der Waals surface area contributed by atoms with Crippen molar-refractivity contribution < 1.29 is 27.6 Å². The van der Waals surface area contributed by atoms with Crippen molar-refractivity contribution in [2.24, 2.45) is 0 Å². The summed E-state index contributed by atoms with van der Waals surface area (Å²) < 4.78 is 21.5. The van der Waals surface area contributed by atoms with E-state index in [1.165, 1.54) is 24.3 Å². The molecule has 156 valence electrons. The Morgan fingerprint density at radius 3 is 2.83 bits per heavy atom. The van der Waals surface area contributed by atoms with Gasteiger partial charge in [0.05, 0.1) is 30.3 Å². The highest BCUT2D eigenvalue weighted by molar-refractivity contribution is 7.99. The normalized spacial score (nSPS) is 16.3. The number of amides is 2. The summed E-state index contributed by atoms with van der Waals surface area (Å²) in [7, 11) is 0. The molecule has 4 rings (SSSR count). The number of urea groups is 1. The lowest BCUT2D eigenvalue weighted by atomic mass is 10.0. The van der Waals surface area contributed by atoms with Gasteiger partial charge in [0, 0.05) is 11.4 Å². The molecule has 3 aromatic rings. The minimum atomic E-state index is -0.768. The van der Waals surface area contributed by atoms with Gasteiger partial charge in [0.1, 0.15) is 17.6 Å². The second kappa shape index (κ2) is 8.49. The molecule has 3 aromatic heterocycles. The van der Waals surface area contributed by atoms with Crippen molar-refractivity contribution in [2.45, 2.75) is 25.1 Å². The van der Waals surface area contributed by atoms with Gasteiger partial charge in [-0.25, -0.2) is 9.59 Å². The van der Waals surface area contributed by atoms with E-state index in [4.69, 9.17) is 18.0 Å². The molecule has 0 bridgehead atoms. The van der Waals surface area contributed by atoms with Crippen molar-refractivity contribution in [1.29, 1.82) is 0 Å². The van der Waals surface area contributed by atoms with E-state index < -0.39 is 18.0 Å². The van der Waals surface area contributed by atoms with Crippen LogP contribution in [0.1, 0.15) is 24.5 Å². The fraction of sp³-hybridized carbons (Fsp3) is 0.263. The highest BCUT2D eigenvalue weighted by Gasteiger charge is 2.35. The number of rotatable bonds is 7. The van der Waals surface area contributed by atoms with Crippen LogP contribution in [0.5, 0.6) is 0 Å². The molecule has 0 aromatic carbocycles. The van der Waals surface area contributed by atoms with Gasteiger partial charge < -0.3 is 28.6 Å². The molecule has 0 spiro atoms. The quantitative estimate of drug-likeness (QED) is 0.428. The third kappa shape index (κ3) is 3.96. The van der Waals surface area contributed by atoms with E-state index in [0.717, 1.165) is 0 Å². The van der Waals surface area contributed by atoms with Gasteiger partial charge >= 0.3 is 12.0 Å². The largest absolute Gasteiger partial charge is 0.469 e. The first kappa shape index (κ1) is 19.8. The average Bonchev–Trinajstić information content (AvgIpc) is 3.47. The Morgan fingerprint density at radius 1 is 1.27 bits per heavy atom. The Kier molecular flexibility index (Phi) is 5.61. The molecule has 0 fully saturated rings. The average molecular weight is 430 g/mol. The molecule has 11 heteroatoms. The van der Waals surface area contributed by atoms with E-state index in [1.54, 1.807) is 32.0 Å². The third-order valence-electron chi connectivity index (χ3n) is 4.31. The van der Waals surface area contributed by atoms with Crippen LogP contribution in [0, 0.1) is 6.92 Å². The summed E-state index contributed by atoms with van der Waals surface area (Å²) in [4.78, 5) is 24.8. The molecule has 4 heterocycles. The van der Waals surface area contributed by atoms with E-state index in [1.807, 2.05) is 0 Å². The van der Waals surface area contributed by atoms with E-state index in [0.29, 0.717) is 28.7 Å². The van der Waals surface area contributed by atoms with Crippen molar-refractivity contribution >= 4 is 23.8 Å². The molecule has 2 amide bonds. The number of aryl methyl sites for hydroxylation is 1.